The molecule has 1 heterocycles. The Morgan fingerprint density at radius 3 is 2.26 bits per heavy atom. The van der Waals surface area contributed by atoms with Crippen LogP contribution >= 0.6 is 0 Å². The van der Waals surface area contributed by atoms with Crippen LogP contribution in [0.1, 0.15) is 35.2 Å². The van der Waals surface area contributed by atoms with E-state index in [-0.39, 0.29) is 11.9 Å². The number of methoxy groups -OCH3 is 2. The van der Waals surface area contributed by atoms with Gasteiger partial charge in [-0.3, -0.25) is 4.79 Å². The third-order valence-corrected chi connectivity index (χ3v) is 6.29. The molecule has 0 radical (unpaired) electrons. The number of para-hydroxylation sites is 1. The van der Waals surface area contributed by atoms with Crippen molar-refractivity contribution < 1.29 is 23.7 Å². The Morgan fingerprint density at radius 2 is 1.60 bits per heavy atom. The van der Waals surface area contributed by atoms with Gasteiger partial charge in [0.1, 0.15) is 18.1 Å². The summed E-state index contributed by atoms with van der Waals surface area (Å²) in [6.45, 7) is 6.76. The molecule has 0 unspecified atom stereocenters. The predicted molar refractivity (Wildman–Crippen MR) is 136 cm³/mol. The van der Waals surface area contributed by atoms with Crippen molar-refractivity contribution in [1.82, 2.24) is 4.90 Å². The lowest BCUT2D eigenvalue weighted by Crippen LogP contribution is -2.47. The Hall–Kier alpha value is -3.67. The number of ether oxygens (including phenoxy) is 4. The largest absolute Gasteiger partial charge is 0.493 e. The monoisotopic (exact) mass is 475 g/mol. The number of carbonyl (C=O) groups excluding carboxylic acids is 1. The molecule has 0 saturated heterocycles. The first kappa shape index (κ1) is 24.5. The number of fused-ring (bicyclic) bond motifs is 1. The molecule has 6 nitrogen and oxygen atoms in total. The topological polar surface area (TPSA) is 57.2 Å². The lowest BCUT2D eigenvalue weighted by Gasteiger charge is -2.38. The Bertz CT molecular complexity index is 1160. The number of carbonyl (C=O) groups is 1. The van der Waals surface area contributed by atoms with Crippen molar-refractivity contribution in [2.45, 2.75) is 39.3 Å². The van der Waals surface area contributed by atoms with Crippen molar-refractivity contribution >= 4 is 5.91 Å². The molecule has 2 atom stereocenters. The van der Waals surface area contributed by atoms with Gasteiger partial charge in [0.2, 0.25) is 0 Å². The van der Waals surface area contributed by atoms with E-state index < -0.39 is 6.10 Å². The van der Waals surface area contributed by atoms with E-state index in [0.29, 0.717) is 36.8 Å². The number of nitrogens with zero attached hydrogens (tertiary/aromatic N) is 1. The van der Waals surface area contributed by atoms with Crippen LogP contribution in [0.5, 0.6) is 23.0 Å². The first-order valence-corrected chi connectivity index (χ1v) is 11.9. The molecule has 0 saturated carbocycles. The molecule has 0 N–H and O–H groups in total. The zero-order chi connectivity index (χ0) is 24.9. The molecule has 6 heteroatoms. The van der Waals surface area contributed by atoms with E-state index in [4.69, 9.17) is 18.9 Å². The van der Waals surface area contributed by atoms with Gasteiger partial charge in [-0.25, -0.2) is 0 Å². The molecular weight excluding hydrogens is 442 g/mol. The number of rotatable bonds is 8. The predicted octanol–water partition coefficient (Wildman–Crippen LogP) is 5.29. The fourth-order valence-corrected chi connectivity index (χ4v) is 4.65. The van der Waals surface area contributed by atoms with Crippen molar-refractivity contribution in [2.75, 3.05) is 27.4 Å². The molecule has 184 valence electrons. The van der Waals surface area contributed by atoms with Crippen LogP contribution in [0.2, 0.25) is 0 Å². The molecule has 0 bridgehead atoms. The maximum Gasteiger partial charge on any atom is 0.263 e. The van der Waals surface area contributed by atoms with Gasteiger partial charge in [0, 0.05) is 6.54 Å². The molecular formula is C29H33NO5. The van der Waals surface area contributed by atoms with Crippen LogP contribution in [0, 0.1) is 13.8 Å². The molecule has 1 amide bonds. The quantitative estimate of drug-likeness (QED) is 0.443. The van der Waals surface area contributed by atoms with Crippen molar-refractivity contribution in [3.05, 3.63) is 82.9 Å². The van der Waals surface area contributed by atoms with Gasteiger partial charge in [-0.05, 0) is 85.8 Å². The van der Waals surface area contributed by atoms with E-state index in [1.54, 1.807) is 21.1 Å². The van der Waals surface area contributed by atoms with Gasteiger partial charge in [0.15, 0.2) is 17.6 Å². The van der Waals surface area contributed by atoms with E-state index in [2.05, 4.69) is 6.07 Å². The summed E-state index contributed by atoms with van der Waals surface area (Å²) in [7, 11) is 3.25. The zero-order valence-corrected chi connectivity index (χ0v) is 21.0. The molecule has 0 aromatic heterocycles. The summed E-state index contributed by atoms with van der Waals surface area (Å²) in [5, 5.41) is 0. The van der Waals surface area contributed by atoms with Gasteiger partial charge in [-0.2, -0.15) is 0 Å². The number of amides is 1. The van der Waals surface area contributed by atoms with E-state index in [9.17, 15) is 4.79 Å². The van der Waals surface area contributed by atoms with E-state index in [1.807, 2.05) is 73.3 Å². The molecule has 0 fully saturated rings. The number of hydrogen-bond acceptors (Lipinski definition) is 5. The summed E-state index contributed by atoms with van der Waals surface area (Å²) in [6, 6.07) is 19.2. The second kappa shape index (κ2) is 10.7. The molecule has 1 aliphatic rings. The Labute approximate surface area is 207 Å². The second-order valence-electron chi connectivity index (χ2n) is 8.91. The van der Waals surface area contributed by atoms with E-state index in [1.165, 1.54) is 0 Å². The maximum absolute atomic E-state index is 13.6. The van der Waals surface area contributed by atoms with E-state index in [0.717, 1.165) is 28.0 Å². The molecule has 3 aromatic carbocycles. The lowest BCUT2D eigenvalue weighted by atomic mass is 9.91. The Balaban J connectivity index is 1.64. The van der Waals surface area contributed by atoms with Gasteiger partial charge in [0.25, 0.3) is 5.91 Å². The van der Waals surface area contributed by atoms with E-state index >= 15 is 0 Å². The highest BCUT2D eigenvalue weighted by Crippen LogP contribution is 2.39. The second-order valence-corrected chi connectivity index (χ2v) is 8.91. The highest BCUT2D eigenvalue weighted by Gasteiger charge is 2.35. The number of aryl methyl sites for hydroxylation is 2. The van der Waals surface area contributed by atoms with Crippen LogP contribution in [0.25, 0.3) is 0 Å². The normalized spacial score (nSPS) is 15.7. The molecule has 0 aliphatic carbocycles. The van der Waals surface area contributed by atoms with Crippen molar-refractivity contribution in [2.24, 2.45) is 0 Å². The first-order chi connectivity index (χ1) is 16.9. The maximum atomic E-state index is 13.6. The summed E-state index contributed by atoms with van der Waals surface area (Å²) in [4.78, 5) is 15.5. The number of benzene rings is 3. The zero-order valence-electron chi connectivity index (χ0n) is 21.0. The highest BCUT2D eigenvalue weighted by atomic mass is 16.5. The Morgan fingerprint density at radius 1 is 0.943 bits per heavy atom. The first-order valence-electron chi connectivity index (χ1n) is 11.9. The summed E-state index contributed by atoms with van der Waals surface area (Å²) < 4.78 is 23.3. The van der Waals surface area contributed by atoms with Gasteiger partial charge < -0.3 is 23.8 Å². The summed E-state index contributed by atoms with van der Waals surface area (Å²) >= 11 is 0. The SMILES string of the molecule is COc1cc2c(cc1OC)[C@H](COc1cc(C)cc(C)c1)N(C(=O)[C@H](C)Oc1ccccc1)CC2. The fourth-order valence-electron chi connectivity index (χ4n) is 4.65. The average Bonchev–Trinajstić information content (AvgIpc) is 2.85. The summed E-state index contributed by atoms with van der Waals surface area (Å²) in [5.74, 6) is 2.69. The summed E-state index contributed by atoms with van der Waals surface area (Å²) in [5.41, 5.74) is 4.39. The molecule has 3 aromatic rings. The summed E-state index contributed by atoms with van der Waals surface area (Å²) in [6.07, 6.45) is 0.0716. The van der Waals surface area contributed by atoms with Crippen molar-refractivity contribution in [3.8, 4) is 23.0 Å². The van der Waals surface area contributed by atoms with Gasteiger partial charge in [-0.1, -0.05) is 24.3 Å². The van der Waals surface area contributed by atoms with Crippen LogP contribution in [0.3, 0.4) is 0 Å². The lowest BCUT2D eigenvalue weighted by molar-refractivity contribution is -0.141. The molecule has 4 rings (SSSR count). The smallest absolute Gasteiger partial charge is 0.263 e. The molecule has 1 aliphatic heterocycles. The molecule has 35 heavy (non-hydrogen) atoms. The van der Waals surface area contributed by atoms with Crippen LogP contribution in [-0.2, 0) is 11.2 Å². The van der Waals surface area contributed by atoms with Gasteiger partial charge in [0.05, 0.1) is 20.3 Å². The van der Waals surface area contributed by atoms with Crippen LogP contribution in [0.4, 0.5) is 0 Å². The van der Waals surface area contributed by atoms with Gasteiger partial charge in [-0.15, -0.1) is 0 Å². The number of hydrogen-bond donors (Lipinski definition) is 0. The standard InChI is InChI=1S/C29H33NO5/c1-19-13-20(2)15-24(14-19)34-18-26-25-17-28(33-5)27(32-4)16-22(25)11-12-30(26)29(31)21(3)35-23-9-7-6-8-10-23/h6-10,13-17,21,26H,11-12,18H2,1-5H3/t21-,26-/m0/s1. The third-order valence-electron chi connectivity index (χ3n) is 6.29. The fraction of sp³-hybridized carbons (Fsp3) is 0.345. The van der Waals surface area contributed by atoms with Crippen LogP contribution in [0.15, 0.2) is 60.7 Å². The molecule has 0 spiro atoms. The highest BCUT2D eigenvalue weighted by molar-refractivity contribution is 5.82. The average molecular weight is 476 g/mol. The van der Waals surface area contributed by atoms with Crippen LogP contribution < -0.4 is 18.9 Å². The minimum Gasteiger partial charge on any atom is -0.493 e. The van der Waals surface area contributed by atoms with Crippen molar-refractivity contribution in [1.29, 1.82) is 0 Å². The van der Waals surface area contributed by atoms with Crippen LogP contribution in [-0.4, -0.2) is 44.3 Å². The minimum atomic E-state index is -0.636. The Kier molecular flexibility index (Phi) is 7.49. The van der Waals surface area contributed by atoms with Crippen molar-refractivity contribution in [3.63, 3.8) is 0 Å². The minimum absolute atomic E-state index is 0.0803. The van der Waals surface area contributed by atoms with Gasteiger partial charge >= 0.3 is 0 Å². The third kappa shape index (κ3) is 5.53.